The smallest absolute Gasteiger partial charge is 0.216 e. The molecule has 0 aliphatic rings. The van der Waals surface area contributed by atoms with Crippen LogP contribution in [0, 0.1) is 12.5 Å². The first-order chi connectivity index (χ1) is 14.2. The van der Waals surface area contributed by atoms with E-state index in [1.165, 1.54) is 6.20 Å². The number of aromatic nitrogens is 4. The molecular weight excluding hydrogens is 369 g/mol. The Morgan fingerprint density at radius 2 is 2.03 bits per heavy atom. The highest BCUT2D eigenvalue weighted by atomic mass is 19.1. The number of pyridine rings is 3. The van der Waals surface area contributed by atoms with Crippen LogP contribution < -0.4 is 4.74 Å². The van der Waals surface area contributed by atoms with Gasteiger partial charge in [-0.1, -0.05) is 12.1 Å². The number of methoxy groups -OCH3 is 1. The minimum absolute atomic E-state index is 0.374. The minimum Gasteiger partial charge on any atom is -0.481 e. The van der Waals surface area contributed by atoms with Crippen LogP contribution in [0.15, 0.2) is 48.9 Å². The van der Waals surface area contributed by atoms with Gasteiger partial charge in [0, 0.05) is 47.2 Å². The monoisotopic (exact) mass is 387 g/mol. The number of fused-ring (bicyclic) bond motifs is 1. The minimum atomic E-state index is -0.482. The zero-order valence-electron chi connectivity index (χ0n) is 15.8. The Labute approximate surface area is 167 Å². The van der Waals surface area contributed by atoms with Crippen molar-refractivity contribution in [3.63, 3.8) is 0 Å². The molecule has 4 aromatic rings. The van der Waals surface area contributed by atoms with E-state index in [-0.39, 0.29) is 0 Å². The van der Waals surface area contributed by atoms with Gasteiger partial charge in [-0.05, 0) is 36.6 Å². The molecule has 0 aliphatic heterocycles. The molecule has 0 atom stereocenters. The third kappa shape index (κ3) is 3.92. The second-order valence-corrected chi connectivity index (χ2v) is 6.62. The van der Waals surface area contributed by atoms with Crippen LogP contribution >= 0.6 is 0 Å². The van der Waals surface area contributed by atoms with Gasteiger partial charge in [0.15, 0.2) is 0 Å². The van der Waals surface area contributed by atoms with Gasteiger partial charge in [-0.3, -0.25) is 4.98 Å². The Bertz CT molecular complexity index is 1210. The summed E-state index contributed by atoms with van der Waals surface area (Å²) >= 11 is 0. The fourth-order valence-corrected chi connectivity index (χ4v) is 3.29. The molecule has 144 valence electrons. The predicted octanol–water partition coefficient (Wildman–Crippen LogP) is 4.43. The molecule has 4 aromatic heterocycles. The van der Waals surface area contributed by atoms with E-state index in [0.29, 0.717) is 47.7 Å². The van der Waals surface area contributed by atoms with Gasteiger partial charge in [0.05, 0.1) is 13.7 Å². The molecule has 0 aromatic carbocycles. The molecule has 7 heteroatoms. The standard InChI is InChI=1S/C22H18FN5O/c1-24-18-11-19-16(12-26-21(19)27-13-18)10-15-6-8-17(28-20(15)23)7-5-14-4-3-9-25-22(14)29-2/h3-4,6,8-9,11-13H,5,7,10H2,2H3,(H,26,27). The maximum Gasteiger partial charge on any atom is 0.216 e. The fraction of sp³-hybridized carbons (Fsp3) is 0.182. The number of hydrogen-bond acceptors (Lipinski definition) is 4. The van der Waals surface area contributed by atoms with Crippen molar-refractivity contribution in [2.45, 2.75) is 19.3 Å². The van der Waals surface area contributed by atoms with Crippen molar-refractivity contribution in [1.82, 2.24) is 19.9 Å². The van der Waals surface area contributed by atoms with E-state index in [2.05, 4.69) is 24.8 Å². The van der Waals surface area contributed by atoms with E-state index in [1.54, 1.807) is 31.6 Å². The SMILES string of the molecule is [C-]#[N+]c1cnc2[nH]cc(Cc3ccc(CCc4cccnc4OC)nc3F)c2c1. The quantitative estimate of drug-likeness (QED) is 0.393. The fourth-order valence-electron chi connectivity index (χ4n) is 3.29. The highest BCUT2D eigenvalue weighted by Crippen LogP contribution is 2.25. The number of ether oxygens (including phenoxy) is 1. The Morgan fingerprint density at radius 3 is 2.83 bits per heavy atom. The van der Waals surface area contributed by atoms with Crippen molar-refractivity contribution in [3.8, 4) is 5.88 Å². The second kappa shape index (κ2) is 8.07. The summed E-state index contributed by atoms with van der Waals surface area (Å²) in [5, 5.41) is 0.825. The molecule has 6 nitrogen and oxygen atoms in total. The number of aromatic amines is 1. The predicted molar refractivity (Wildman–Crippen MR) is 108 cm³/mol. The van der Waals surface area contributed by atoms with Crippen LogP contribution in [0.1, 0.15) is 22.4 Å². The summed E-state index contributed by atoms with van der Waals surface area (Å²) in [6, 6.07) is 9.17. The van der Waals surface area contributed by atoms with Crippen LogP contribution in [0.2, 0.25) is 0 Å². The zero-order valence-corrected chi connectivity index (χ0v) is 15.8. The van der Waals surface area contributed by atoms with E-state index in [4.69, 9.17) is 11.3 Å². The van der Waals surface area contributed by atoms with Crippen LogP contribution in [0.4, 0.5) is 10.1 Å². The highest BCUT2D eigenvalue weighted by molar-refractivity contribution is 5.83. The lowest BCUT2D eigenvalue weighted by Crippen LogP contribution is -2.02. The molecule has 1 N–H and O–H groups in total. The summed E-state index contributed by atoms with van der Waals surface area (Å²) in [7, 11) is 1.58. The lowest BCUT2D eigenvalue weighted by molar-refractivity contribution is 0.392. The molecule has 0 amide bonds. The van der Waals surface area contributed by atoms with Gasteiger partial charge in [0.25, 0.3) is 0 Å². The molecule has 0 fully saturated rings. The number of nitrogens with zero attached hydrogens (tertiary/aromatic N) is 4. The van der Waals surface area contributed by atoms with Crippen molar-refractivity contribution in [1.29, 1.82) is 0 Å². The first-order valence-corrected chi connectivity index (χ1v) is 9.13. The van der Waals surface area contributed by atoms with Crippen molar-refractivity contribution in [3.05, 3.63) is 88.7 Å². The number of nitrogens with one attached hydrogen (secondary N) is 1. The zero-order chi connectivity index (χ0) is 20.2. The van der Waals surface area contributed by atoms with Gasteiger partial charge in [0.2, 0.25) is 17.5 Å². The van der Waals surface area contributed by atoms with E-state index >= 15 is 0 Å². The summed E-state index contributed by atoms with van der Waals surface area (Å²) in [5.41, 5.74) is 4.16. The number of H-pyrrole nitrogens is 1. The number of halogens is 1. The van der Waals surface area contributed by atoms with Gasteiger partial charge < -0.3 is 9.72 Å². The third-order valence-corrected chi connectivity index (χ3v) is 4.79. The maximum absolute atomic E-state index is 14.6. The van der Waals surface area contributed by atoms with E-state index in [1.807, 2.05) is 18.2 Å². The molecule has 4 heterocycles. The van der Waals surface area contributed by atoms with Gasteiger partial charge >= 0.3 is 0 Å². The molecule has 0 saturated carbocycles. The van der Waals surface area contributed by atoms with Gasteiger partial charge in [-0.15, -0.1) is 0 Å². The molecule has 0 radical (unpaired) electrons. The molecule has 29 heavy (non-hydrogen) atoms. The summed E-state index contributed by atoms with van der Waals surface area (Å²) < 4.78 is 19.9. The van der Waals surface area contributed by atoms with Crippen LogP contribution in [0.3, 0.4) is 0 Å². The molecule has 0 bridgehead atoms. The molecule has 0 unspecified atom stereocenters. The van der Waals surface area contributed by atoms with E-state index in [0.717, 1.165) is 16.5 Å². The lowest BCUT2D eigenvalue weighted by atomic mass is 10.0. The average molecular weight is 387 g/mol. The average Bonchev–Trinajstić information content (AvgIpc) is 3.16. The molecule has 0 saturated heterocycles. The van der Waals surface area contributed by atoms with Crippen molar-refractivity contribution < 1.29 is 9.13 Å². The van der Waals surface area contributed by atoms with Gasteiger partial charge in [-0.25, -0.2) is 14.8 Å². The van der Waals surface area contributed by atoms with Crippen LogP contribution in [0.25, 0.3) is 15.9 Å². The van der Waals surface area contributed by atoms with Gasteiger partial charge in [0.1, 0.15) is 5.65 Å². The van der Waals surface area contributed by atoms with Crippen LogP contribution in [-0.2, 0) is 19.3 Å². The Balaban J connectivity index is 1.51. The first kappa shape index (κ1) is 18.6. The summed E-state index contributed by atoms with van der Waals surface area (Å²) in [5.74, 6) is 0.0978. The summed E-state index contributed by atoms with van der Waals surface area (Å²) in [6.45, 7) is 7.14. The number of hydrogen-bond donors (Lipinski definition) is 1. The topological polar surface area (TPSA) is 68.0 Å². The second-order valence-electron chi connectivity index (χ2n) is 6.62. The highest BCUT2D eigenvalue weighted by Gasteiger charge is 2.12. The lowest BCUT2D eigenvalue weighted by Gasteiger charge is -2.08. The summed E-state index contributed by atoms with van der Waals surface area (Å²) in [6.07, 6.45) is 6.62. The van der Waals surface area contributed by atoms with Crippen molar-refractivity contribution in [2.75, 3.05) is 7.11 Å². The third-order valence-electron chi connectivity index (χ3n) is 4.79. The van der Waals surface area contributed by atoms with Crippen molar-refractivity contribution >= 4 is 16.7 Å². The molecule has 0 spiro atoms. The maximum atomic E-state index is 14.6. The Morgan fingerprint density at radius 1 is 1.14 bits per heavy atom. The molecule has 0 aliphatic carbocycles. The van der Waals surface area contributed by atoms with Crippen LogP contribution in [-0.4, -0.2) is 27.0 Å². The molecular formula is C22H18FN5O. The van der Waals surface area contributed by atoms with E-state index in [9.17, 15) is 4.39 Å². The Kier molecular flexibility index (Phi) is 5.16. The normalized spacial score (nSPS) is 10.8. The number of rotatable bonds is 6. The Hall–Kier alpha value is -3.79. The van der Waals surface area contributed by atoms with Crippen LogP contribution in [0.5, 0.6) is 5.88 Å². The molecule has 4 rings (SSSR count). The number of aryl methyl sites for hydroxylation is 2. The van der Waals surface area contributed by atoms with Crippen molar-refractivity contribution in [2.24, 2.45) is 0 Å². The van der Waals surface area contributed by atoms with Gasteiger partial charge in [-0.2, -0.15) is 4.39 Å². The largest absolute Gasteiger partial charge is 0.481 e. The first-order valence-electron chi connectivity index (χ1n) is 9.13. The van der Waals surface area contributed by atoms with E-state index < -0.39 is 5.95 Å². The summed E-state index contributed by atoms with van der Waals surface area (Å²) in [4.78, 5) is 19.0.